The number of nitrogens with one attached hydrogen (secondary N) is 1. The predicted octanol–water partition coefficient (Wildman–Crippen LogP) is 2.22. The van der Waals surface area contributed by atoms with Gasteiger partial charge in [-0.2, -0.15) is 0 Å². The molecular weight excluding hydrogens is 338 g/mol. The van der Waals surface area contributed by atoms with E-state index in [1.54, 1.807) is 6.20 Å². The van der Waals surface area contributed by atoms with E-state index in [2.05, 4.69) is 64.9 Å². The van der Waals surface area contributed by atoms with Crippen molar-refractivity contribution in [3.8, 4) is 0 Å². The number of hydrogen-bond donors (Lipinski definition) is 2. The van der Waals surface area contributed by atoms with E-state index in [0.717, 1.165) is 62.9 Å². The third kappa shape index (κ3) is 6.13. The molecule has 6 heteroatoms. The summed E-state index contributed by atoms with van der Waals surface area (Å²) < 4.78 is 5.38. The summed E-state index contributed by atoms with van der Waals surface area (Å²) in [6.07, 6.45) is 4.89. The Morgan fingerprint density at radius 3 is 2.70 bits per heavy atom. The quantitative estimate of drug-likeness (QED) is 0.596. The van der Waals surface area contributed by atoms with E-state index in [4.69, 9.17) is 9.73 Å². The summed E-state index contributed by atoms with van der Waals surface area (Å²) in [5.74, 6) is 0. The lowest BCUT2D eigenvalue weighted by molar-refractivity contribution is 0.0377. The van der Waals surface area contributed by atoms with Gasteiger partial charge in [0.2, 0.25) is 0 Å². The number of morpholine rings is 1. The molecule has 2 aliphatic heterocycles. The SMILES string of the molecule is C=N/C=C1/NC(c2ccccc2C)=CC1=NCCCN1CCOCC1.CN. The van der Waals surface area contributed by atoms with Crippen LogP contribution in [-0.4, -0.2) is 63.8 Å². The van der Waals surface area contributed by atoms with Crippen molar-refractivity contribution in [2.75, 3.05) is 46.4 Å². The molecule has 3 rings (SSSR count). The molecule has 3 N–H and O–H groups in total. The van der Waals surface area contributed by atoms with E-state index in [-0.39, 0.29) is 0 Å². The van der Waals surface area contributed by atoms with E-state index < -0.39 is 0 Å². The highest BCUT2D eigenvalue weighted by molar-refractivity contribution is 6.16. The second-order valence-corrected chi connectivity index (χ2v) is 6.30. The standard InChI is InChI=1S/C20H26N4O.CH5N/c1-16-6-3-4-7-17(16)18-14-19(20(23-18)15-21-2)22-8-5-9-24-10-12-25-13-11-24;1-2/h3-4,6-7,14-15,23H,2,5,8-13H2,1H3;2H2,1H3/b20-15+,22-19?;. The zero-order chi connectivity index (χ0) is 19.5. The summed E-state index contributed by atoms with van der Waals surface area (Å²) in [7, 11) is 1.50. The van der Waals surface area contributed by atoms with Gasteiger partial charge in [-0.3, -0.25) is 14.9 Å². The van der Waals surface area contributed by atoms with Crippen LogP contribution in [0.15, 0.2) is 52.2 Å². The number of aryl methyl sites for hydroxylation is 1. The van der Waals surface area contributed by atoms with Gasteiger partial charge >= 0.3 is 0 Å². The molecule has 0 spiro atoms. The fourth-order valence-electron chi connectivity index (χ4n) is 3.12. The average molecular weight is 370 g/mol. The average Bonchev–Trinajstić information content (AvgIpc) is 3.11. The van der Waals surface area contributed by atoms with E-state index >= 15 is 0 Å². The second kappa shape index (κ2) is 11.4. The largest absolute Gasteiger partial charge is 0.379 e. The molecule has 0 unspecified atom stereocenters. The lowest BCUT2D eigenvalue weighted by atomic mass is 10.1. The van der Waals surface area contributed by atoms with Crippen LogP contribution >= 0.6 is 0 Å². The molecular formula is C21H31N5O. The number of rotatable bonds is 6. The van der Waals surface area contributed by atoms with E-state index in [0.29, 0.717) is 0 Å². The van der Waals surface area contributed by atoms with Gasteiger partial charge < -0.3 is 15.8 Å². The number of allylic oxidation sites excluding steroid dienone is 1. The van der Waals surface area contributed by atoms with Gasteiger partial charge in [0.1, 0.15) is 0 Å². The van der Waals surface area contributed by atoms with Gasteiger partial charge in [0.25, 0.3) is 0 Å². The van der Waals surface area contributed by atoms with Gasteiger partial charge in [-0.25, -0.2) is 0 Å². The molecule has 0 atom stereocenters. The molecule has 0 saturated carbocycles. The van der Waals surface area contributed by atoms with Crippen molar-refractivity contribution in [2.24, 2.45) is 15.7 Å². The minimum atomic E-state index is 0.806. The fraction of sp³-hybridized carbons (Fsp3) is 0.429. The first-order valence-electron chi connectivity index (χ1n) is 9.41. The lowest BCUT2D eigenvalue weighted by Gasteiger charge is -2.26. The Balaban J connectivity index is 0.00000126. The molecule has 0 radical (unpaired) electrons. The minimum absolute atomic E-state index is 0.806. The van der Waals surface area contributed by atoms with Crippen molar-refractivity contribution in [3.63, 3.8) is 0 Å². The predicted molar refractivity (Wildman–Crippen MR) is 114 cm³/mol. The summed E-state index contributed by atoms with van der Waals surface area (Å²) in [6, 6.07) is 8.34. The van der Waals surface area contributed by atoms with Crippen LogP contribution < -0.4 is 11.1 Å². The minimum Gasteiger partial charge on any atom is -0.379 e. The Morgan fingerprint density at radius 1 is 1.26 bits per heavy atom. The molecule has 0 aromatic heterocycles. The van der Waals surface area contributed by atoms with Crippen LogP contribution in [0.25, 0.3) is 5.70 Å². The number of benzene rings is 1. The van der Waals surface area contributed by atoms with Crippen LogP contribution in [0.1, 0.15) is 17.5 Å². The Morgan fingerprint density at radius 2 is 2.00 bits per heavy atom. The third-order valence-electron chi connectivity index (χ3n) is 4.50. The first-order valence-corrected chi connectivity index (χ1v) is 9.41. The van der Waals surface area contributed by atoms with Crippen molar-refractivity contribution < 1.29 is 4.74 Å². The zero-order valence-corrected chi connectivity index (χ0v) is 16.4. The summed E-state index contributed by atoms with van der Waals surface area (Å²) >= 11 is 0. The molecule has 1 saturated heterocycles. The van der Waals surface area contributed by atoms with E-state index in [9.17, 15) is 0 Å². The maximum absolute atomic E-state index is 5.38. The van der Waals surface area contributed by atoms with Gasteiger partial charge in [-0.15, -0.1) is 0 Å². The van der Waals surface area contributed by atoms with Crippen LogP contribution in [0.2, 0.25) is 0 Å². The topological polar surface area (TPSA) is 75.2 Å². The fourth-order valence-corrected chi connectivity index (χ4v) is 3.12. The summed E-state index contributed by atoms with van der Waals surface area (Å²) in [5.41, 5.74) is 9.86. The monoisotopic (exact) mass is 369 g/mol. The van der Waals surface area contributed by atoms with Crippen molar-refractivity contribution in [1.29, 1.82) is 0 Å². The highest BCUT2D eigenvalue weighted by atomic mass is 16.5. The van der Waals surface area contributed by atoms with E-state index in [1.165, 1.54) is 18.2 Å². The molecule has 1 aromatic carbocycles. The van der Waals surface area contributed by atoms with Crippen molar-refractivity contribution >= 4 is 18.1 Å². The maximum Gasteiger partial charge on any atom is 0.0845 e. The first-order chi connectivity index (χ1) is 13.3. The molecule has 1 fully saturated rings. The highest BCUT2D eigenvalue weighted by Gasteiger charge is 2.18. The first kappa shape index (κ1) is 21.0. The molecule has 2 heterocycles. The molecule has 6 nitrogen and oxygen atoms in total. The Hall–Kier alpha value is -2.28. The highest BCUT2D eigenvalue weighted by Crippen LogP contribution is 2.23. The van der Waals surface area contributed by atoms with Crippen molar-refractivity contribution in [3.05, 3.63) is 53.4 Å². The normalized spacial score (nSPS) is 20.0. The van der Waals surface area contributed by atoms with Crippen LogP contribution in [0.4, 0.5) is 0 Å². The van der Waals surface area contributed by atoms with Crippen LogP contribution in [0, 0.1) is 6.92 Å². The smallest absolute Gasteiger partial charge is 0.0845 e. The van der Waals surface area contributed by atoms with Crippen molar-refractivity contribution in [1.82, 2.24) is 10.2 Å². The Labute approximate surface area is 162 Å². The molecule has 0 amide bonds. The number of aliphatic imine (C=N–C) groups is 2. The second-order valence-electron chi connectivity index (χ2n) is 6.30. The number of nitrogens with two attached hydrogens (primary N) is 1. The van der Waals surface area contributed by atoms with Crippen molar-refractivity contribution in [2.45, 2.75) is 13.3 Å². The van der Waals surface area contributed by atoms with Gasteiger partial charge in [-0.1, -0.05) is 24.3 Å². The zero-order valence-electron chi connectivity index (χ0n) is 16.4. The number of ether oxygens (including phenoxy) is 1. The van der Waals surface area contributed by atoms with Gasteiger partial charge in [0.05, 0.1) is 30.8 Å². The Bertz CT molecular complexity index is 702. The molecule has 1 aromatic rings. The van der Waals surface area contributed by atoms with E-state index in [1.807, 2.05) is 0 Å². The van der Waals surface area contributed by atoms with Crippen LogP contribution in [-0.2, 0) is 4.74 Å². The lowest BCUT2D eigenvalue weighted by Crippen LogP contribution is -2.37. The van der Waals surface area contributed by atoms with Crippen LogP contribution in [0.3, 0.4) is 0 Å². The van der Waals surface area contributed by atoms with Gasteiger partial charge in [-0.05, 0) is 38.7 Å². The summed E-state index contributed by atoms with van der Waals surface area (Å²) in [5, 5.41) is 3.42. The van der Waals surface area contributed by atoms with Gasteiger partial charge in [0.15, 0.2) is 0 Å². The maximum atomic E-state index is 5.38. The summed E-state index contributed by atoms with van der Waals surface area (Å²) in [6.45, 7) is 11.3. The molecule has 2 aliphatic rings. The van der Waals surface area contributed by atoms with Crippen LogP contribution in [0.5, 0.6) is 0 Å². The molecule has 146 valence electrons. The molecule has 0 aliphatic carbocycles. The Kier molecular flexibility index (Phi) is 8.91. The van der Waals surface area contributed by atoms with Gasteiger partial charge in [0, 0.05) is 37.4 Å². The molecule has 0 bridgehead atoms. The molecule has 27 heavy (non-hydrogen) atoms. The number of nitrogens with zero attached hydrogens (tertiary/aromatic N) is 3. The number of hydrogen-bond acceptors (Lipinski definition) is 6. The third-order valence-corrected chi connectivity index (χ3v) is 4.50. The summed E-state index contributed by atoms with van der Waals surface area (Å²) in [4.78, 5) is 11.1.